The average molecular weight is 553 g/mol. The number of ether oxygens (including phenoxy) is 5. The van der Waals surface area contributed by atoms with Crippen LogP contribution in [-0.2, 0) is 23.8 Å². The van der Waals surface area contributed by atoms with E-state index >= 15 is 8.78 Å². The largest absolute Gasteiger partial charge is 0.490 e. The maximum absolute atomic E-state index is 15.0. The minimum absolute atomic E-state index is 0.0165. The third kappa shape index (κ3) is 8.25. The summed E-state index contributed by atoms with van der Waals surface area (Å²) in [6.07, 6.45) is 0. The molecule has 7 nitrogen and oxygen atoms in total. The van der Waals surface area contributed by atoms with Gasteiger partial charge >= 0.3 is 11.9 Å². The summed E-state index contributed by atoms with van der Waals surface area (Å²) in [5.41, 5.74) is 1.64. The Hall–Kier alpha value is -4.50. The Balaban J connectivity index is 1.57. The van der Waals surface area contributed by atoms with Crippen LogP contribution in [-0.4, -0.2) is 52.1 Å². The van der Waals surface area contributed by atoms with Gasteiger partial charge in [-0.15, -0.1) is 0 Å². The van der Waals surface area contributed by atoms with Crippen LogP contribution in [0.2, 0.25) is 0 Å². The molecule has 0 spiro atoms. The van der Waals surface area contributed by atoms with E-state index in [9.17, 15) is 9.59 Å². The third-order valence-corrected chi connectivity index (χ3v) is 5.54. The molecule has 9 heteroatoms. The molecule has 0 saturated heterocycles. The minimum Gasteiger partial charge on any atom is -0.490 e. The van der Waals surface area contributed by atoms with Crippen molar-refractivity contribution in [3.05, 3.63) is 96.6 Å². The summed E-state index contributed by atoms with van der Waals surface area (Å²) < 4.78 is 55.9. The lowest BCUT2D eigenvalue weighted by molar-refractivity contribution is -0.140. The summed E-state index contributed by atoms with van der Waals surface area (Å²) in [4.78, 5) is 23.1. The number of hydrogen-bond donors (Lipinski definition) is 0. The first-order chi connectivity index (χ1) is 19.2. The van der Waals surface area contributed by atoms with Gasteiger partial charge in [-0.2, -0.15) is 0 Å². The zero-order valence-electron chi connectivity index (χ0n) is 22.3. The molecule has 210 valence electrons. The summed E-state index contributed by atoms with van der Waals surface area (Å²) in [7, 11) is 1.45. The Labute approximate surface area is 231 Å². The molecule has 0 fully saturated rings. The number of methoxy groups -OCH3 is 1. The van der Waals surface area contributed by atoms with Gasteiger partial charge in [0.25, 0.3) is 0 Å². The summed E-state index contributed by atoms with van der Waals surface area (Å²) in [6, 6.07) is 15.9. The predicted molar refractivity (Wildman–Crippen MR) is 146 cm³/mol. The molecule has 0 saturated carbocycles. The van der Waals surface area contributed by atoms with E-state index in [2.05, 4.69) is 13.2 Å². The first-order valence-electron chi connectivity index (χ1n) is 12.3. The summed E-state index contributed by atoms with van der Waals surface area (Å²) in [5.74, 6) is -2.05. The van der Waals surface area contributed by atoms with Gasteiger partial charge in [0.05, 0.1) is 12.2 Å². The Kier molecular flexibility index (Phi) is 11.0. The van der Waals surface area contributed by atoms with Gasteiger partial charge < -0.3 is 23.7 Å². The molecule has 0 aliphatic rings. The van der Waals surface area contributed by atoms with Crippen molar-refractivity contribution in [2.75, 3.05) is 40.1 Å². The van der Waals surface area contributed by atoms with E-state index < -0.39 is 23.6 Å². The van der Waals surface area contributed by atoms with Crippen LogP contribution in [0.25, 0.3) is 22.3 Å². The Morgan fingerprint density at radius 1 is 0.675 bits per heavy atom. The lowest BCUT2D eigenvalue weighted by atomic mass is 9.98. The van der Waals surface area contributed by atoms with Crippen LogP contribution in [0.3, 0.4) is 0 Å². The Morgan fingerprint density at radius 3 is 1.50 bits per heavy atom. The smallest absolute Gasteiger partial charge is 0.335 e. The van der Waals surface area contributed by atoms with Crippen molar-refractivity contribution in [2.45, 2.75) is 6.92 Å². The highest BCUT2D eigenvalue weighted by atomic mass is 19.2. The molecular weight excluding hydrogens is 522 g/mol. The Morgan fingerprint density at radius 2 is 1.10 bits per heavy atom. The molecule has 0 unspecified atom stereocenters. The van der Waals surface area contributed by atoms with Crippen molar-refractivity contribution >= 4 is 11.9 Å². The highest BCUT2D eigenvalue weighted by Gasteiger charge is 2.16. The fourth-order valence-electron chi connectivity index (χ4n) is 3.50. The summed E-state index contributed by atoms with van der Waals surface area (Å²) in [5, 5.41) is 0. The van der Waals surface area contributed by atoms with Gasteiger partial charge in [-0.3, -0.25) is 0 Å². The molecule has 0 bridgehead atoms. The first-order valence-corrected chi connectivity index (χ1v) is 12.3. The maximum Gasteiger partial charge on any atom is 0.335 e. The fourth-order valence-corrected chi connectivity index (χ4v) is 3.50. The second-order valence-corrected chi connectivity index (χ2v) is 8.62. The predicted octanol–water partition coefficient (Wildman–Crippen LogP) is 5.92. The topological polar surface area (TPSA) is 80.3 Å². The van der Waals surface area contributed by atoms with Crippen LogP contribution in [0, 0.1) is 11.6 Å². The molecule has 0 radical (unpaired) electrons. The van der Waals surface area contributed by atoms with Crippen molar-refractivity contribution in [1.82, 2.24) is 0 Å². The van der Waals surface area contributed by atoms with Crippen LogP contribution in [0.5, 0.6) is 11.5 Å². The van der Waals surface area contributed by atoms with Crippen molar-refractivity contribution in [2.24, 2.45) is 0 Å². The molecule has 0 aliphatic carbocycles. The quantitative estimate of drug-likeness (QED) is 0.140. The van der Waals surface area contributed by atoms with Crippen molar-refractivity contribution in [3.63, 3.8) is 0 Å². The number of rotatable bonds is 14. The second-order valence-electron chi connectivity index (χ2n) is 8.62. The van der Waals surface area contributed by atoms with Crippen LogP contribution in [0.1, 0.15) is 6.92 Å². The van der Waals surface area contributed by atoms with E-state index in [-0.39, 0.29) is 49.7 Å². The minimum atomic E-state index is -0.978. The lowest BCUT2D eigenvalue weighted by Crippen LogP contribution is -2.15. The van der Waals surface area contributed by atoms with Gasteiger partial charge in [0.1, 0.15) is 37.9 Å². The lowest BCUT2D eigenvalue weighted by Gasteiger charge is -2.12. The van der Waals surface area contributed by atoms with E-state index in [1.54, 1.807) is 55.5 Å². The number of carbonyl (C=O) groups is 2. The summed E-state index contributed by atoms with van der Waals surface area (Å²) in [6.45, 7) is 9.02. The van der Waals surface area contributed by atoms with Crippen molar-refractivity contribution in [3.8, 4) is 33.8 Å². The van der Waals surface area contributed by atoms with Gasteiger partial charge in [-0.1, -0.05) is 49.6 Å². The van der Waals surface area contributed by atoms with E-state index in [1.165, 1.54) is 19.2 Å². The number of carbonyl (C=O) groups excluding carboxylic acids is 2. The average Bonchev–Trinajstić information content (AvgIpc) is 2.95. The normalized spacial score (nSPS) is 10.5. The molecule has 0 atom stereocenters. The van der Waals surface area contributed by atoms with Gasteiger partial charge in [0.15, 0.2) is 11.6 Å². The molecule has 0 aromatic heterocycles. The second kappa shape index (κ2) is 14.6. The van der Waals surface area contributed by atoms with Crippen molar-refractivity contribution < 1.29 is 42.1 Å². The molecule has 0 N–H and O–H groups in total. The van der Waals surface area contributed by atoms with Crippen LogP contribution in [0.15, 0.2) is 85.0 Å². The molecule has 0 heterocycles. The van der Waals surface area contributed by atoms with Gasteiger partial charge in [0.2, 0.25) is 0 Å². The van der Waals surface area contributed by atoms with Crippen molar-refractivity contribution in [1.29, 1.82) is 0 Å². The maximum atomic E-state index is 15.0. The number of benzene rings is 3. The van der Waals surface area contributed by atoms with E-state index in [0.717, 1.165) is 0 Å². The van der Waals surface area contributed by atoms with Crippen LogP contribution in [0.4, 0.5) is 8.78 Å². The Bertz CT molecular complexity index is 1350. The zero-order valence-corrected chi connectivity index (χ0v) is 22.3. The summed E-state index contributed by atoms with van der Waals surface area (Å²) >= 11 is 0. The fraction of sp³-hybridized carbons (Fsp3) is 0.226. The number of halogens is 2. The van der Waals surface area contributed by atoms with Gasteiger partial charge in [-0.05, 0) is 42.3 Å². The monoisotopic (exact) mass is 552 g/mol. The highest BCUT2D eigenvalue weighted by molar-refractivity contribution is 5.88. The van der Waals surface area contributed by atoms with Gasteiger partial charge in [-0.25, -0.2) is 18.4 Å². The SMILES string of the molecule is C=C(C)C(=O)OCCOc1ccc(-c2ccc(-c3ccc(OCCOC(=O)C(=C)COC)cc3)c(F)c2F)cc1. The van der Waals surface area contributed by atoms with E-state index in [1.807, 2.05) is 0 Å². The third-order valence-electron chi connectivity index (χ3n) is 5.54. The van der Waals surface area contributed by atoms with Gasteiger partial charge in [0, 0.05) is 23.8 Å². The highest BCUT2D eigenvalue weighted by Crippen LogP contribution is 2.33. The molecule has 3 aromatic rings. The van der Waals surface area contributed by atoms with Crippen LogP contribution >= 0.6 is 0 Å². The number of hydrogen-bond acceptors (Lipinski definition) is 7. The molecular formula is C31H30F2O7. The first kappa shape index (κ1) is 30.0. The molecule has 0 aliphatic heterocycles. The molecule has 3 rings (SSSR count). The van der Waals surface area contributed by atoms with E-state index in [0.29, 0.717) is 28.2 Å². The molecule has 3 aromatic carbocycles. The standard InChI is InChI=1S/C31H30F2O7/c1-20(2)30(34)39-17-15-37-24-9-5-22(6-10-24)26-13-14-27(29(33)28(26)32)23-7-11-25(12-8-23)38-16-18-40-31(35)21(3)19-36-4/h5-14H,1,3,15-19H2,2,4H3. The van der Waals surface area contributed by atoms with E-state index in [4.69, 9.17) is 23.7 Å². The zero-order chi connectivity index (χ0) is 29.1. The molecule has 40 heavy (non-hydrogen) atoms. The number of esters is 2. The molecule has 0 amide bonds. The van der Waals surface area contributed by atoms with Crippen LogP contribution < -0.4 is 9.47 Å².